The molecule has 5 heteroatoms. The van der Waals surface area contributed by atoms with Crippen LogP contribution in [-0.2, 0) is 11.2 Å². The third-order valence-electron chi connectivity index (χ3n) is 2.92. The molecule has 0 spiro atoms. The second kappa shape index (κ2) is 5.28. The van der Waals surface area contributed by atoms with Gasteiger partial charge in [-0.1, -0.05) is 11.6 Å². The van der Waals surface area contributed by atoms with Crippen LogP contribution in [0.5, 0.6) is 0 Å². The molecular weight excluding hydrogens is 266 g/mol. The Bertz CT molecular complexity index is 629. The number of rotatable bonds is 4. The summed E-state index contributed by atoms with van der Waals surface area (Å²) in [4.78, 5) is 25.8. The van der Waals surface area contributed by atoms with Crippen LogP contribution < -0.4 is 0 Å². The molecule has 0 saturated heterocycles. The number of ketones is 1. The Kier molecular flexibility index (Phi) is 3.71. The maximum absolute atomic E-state index is 12.3. The molecule has 0 unspecified atom stereocenters. The van der Waals surface area contributed by atoms with E-state index in [1.54, 1.807) is 37.4 Å². The van der Waals surface area contributed by atoms with Crippen molar-refractivity contribution in [1.82, 2.24) is 4.98 Å². The van der Waals surface area contributed by atoms with Crippen LogP contribution in [-0.4, -0.2) is 21.8 Å². The molecule has 0 saturated carbocycles. The molecule has 1 heterocycles. The summed E-state index contributed by atoms with van der Waals surface area (Å²) in [6.45, 7) is 1.73. The van der Waals surface area contributed by atoms with Gasteiger partial charge in [-0.05, 0) is 42.3 Å². The molecule has 0 atom stereocenters. The maximum Gasteiger partial charge on any atom is 0.307 e. The predicted molar refractivity (Wildman–Crippen MR) is 71.8 cm³/mol. The molecule has 19 heavy (non-hydrogen) atoms. The number of hydrogen-bond donors (Lipinski definition) is 2. The van der Waals surface area contributed by atoms with Crippen molar-refractivity contribution in [3.05, 3.63) is 57.9 Å². The molecule has 2 rings (SSSR count). The van der Waals surface area contributed by atoms with Crippen LogP contribution >= 0.6 is 11.6 Å². The fourth-order valence-corrected chi connectivity index (χ4v) is 1.99. The summed E-state index contributed by atoms with van der Waals surface area (Å²) in [6.07, 6.45) is 1.46. The Morgan fingerprint density at radius 2 is 1.89 bits per heavy atom. The van der Waals surface area contributed by atoms with Gasteiger partial charge in [0.25, 0.3) is 0 Å². The number of aromatic amines is 1. The molecule has 0 bridgehead atoms. The minimum atomic E-state index is -0.924. The molecule has 0 radical (unpaired) electrons. The van der Waals surface area contributed by atoms with Crippen LogP contribution in [0.2, 0.25) is 5.02 Å². The molecule has 0 aliphatic rings. The average Bonchev–Trinajstić information content (AvgIpc) is 2.70. The minimum Gasteiger partial charge on any atom is -0.481 e. The highest BCUT2D eigenvalue weighted by molar-refractivity contribution is 6.30. The highest BCUT2D eigenvalue weighted by Crippen LogP contribution is 2.18. The first-order valence-corrected chi connectivity index (χ1v) is 6.05. The molecular formula is C14H12ClNO3. The largest absolute Gasteiger partial charge is 0.481 e. The lowest BCUT2D eigenvalue weighted by Crippen LogP contribution is -2.05. The van der Waals surface area contributed by atoms with Crippen molar-refractivity contribution in [3.63, 3.8) is 0 Å². The van der Waals surface area contributed by atoms with Gasteiger partial charge in [-0.15, -0.1) is 0 Å². The standard InChI is InChI=1S/C14H12ClNO3/c1-8-10(6-12(17)18)7-16-13(8)14(19)9-2-4-11(15)5-3-9/h2-5,7,16H,6H2,1H3,(H,17,18). The first kappa shape index (κ1) is 13.4. The molecule has 0 fully saturated rings. The number of nitrogens with one attached hydrogen (secondary N) is 1. The van der Waals surface area contributed by atoms with Crippen molar-refractivity contribution in [2.45, 2.75) is 13.3 Å². The van der Waals surface area contributed by atoms with Crippen molar-refractivity contribution in [1.29, 1.82) is 0 Å². The van der Waals surface area contributed by atoms with E-state index in [-0.39, 0.29) is 12.2 Å². The van der Waals surface area contributed by atoms with Gasteiger partial charge < -0.3 is 10.1 Å². The van der Waals surface area contributed by atoms with Crippen LogP contribution in [0.25, 0.3) is 0 Å². The molecule has 0 amide bonds. The van der Waals surface area contributed by atoms with Gasteiger partial charge in [0.15, 0.2) is 0 Å². The lowest BCUT2D eigenvalue weighted by molar-refractivity contribution is -0.136. The number of benzene rings is 1. The number of carboxylic acid groups (broad SMARTS) is 1. The Morgan fingerprint density at radius 3 is 2.47 bits per heavy atom. The van der Waals surface area contributed by atoms with Crippen molar-refractivity contribution in [3.8, 4) is 0 Å². The minimum absolute atomic E-state index is 0.101. The van der Waals surface area contributed by atoms with Crippen LogP contribution in [0.3, 0.4) is 0 Å². The molecule has 1 aromatic carbocycles. The summed E-state index contributed by atoms with van der Waals surface area (Å²) < 4.78 is 0. The molecule has 1 aromatic heterocycles. The Hall–Kier alpha value is -2.07. The monoisotopic (exact) mass is 277 g/mol. The molecule has 2 N–H and O–H groups in total. The predicted octanol–water partition coefficient (Wildman–Crippen LogP) is 2.83. The SMILES string of the molecule is Cc1c(CC(=O)O)c[nH]c1C(=O)c1ccc(Cl)cc1. The summed E-state index contributed by atoms with van der Waals surface area (Å²) in [6, 6.07) is 6.57. The summed E-state index contributed by atoms with van der Waals surface area (Å²) >= 11 is 5.77. The summed E-state index contributed by atoms with van der Waals surface area (Å²) in [7, 11) is 0. The van der Waals surface area contributed by atoms with E-state index in [0.29, 0.717) is 27.4 Å². The highest BCUT2D eigenvalue weighted by atomic mass is 35.5. The fourth-order valence-electron chi connectivity index (χ4n) is 1.86. The van der Waals surface area contributed by atoms with Crippen molar-refractivity contribution in [2.24, 2.45) is 0 Å². The number of H-pyrrole nitrogens is 1. The van der Waals surface area contributed by atoms with E-state index in [4.69, 9.17) is 16.7 Å². The third-order valence-corrected chi connectivity index (χ3v) is 3.17. The molecule has 0 aliphatic carbocycles. The van der Waals surface area contributed by atoms with E-state index in [1.807, 2.05) is 0 Å². The molecule has 98 valence electrons. The summed E-state index contributed by atoms with van der Waals surface area (Å²) in [5.41, 5.74) is 2.21. The van der Waals surface area contributed by atoms with E-state index >= 15 is 0 Å². The summed E-state index contributed by atoms with van der Waals surface area (Å²) in [5, 5.41) is 9.33. The fraction of sp³-hybridized carbons (Fsp3) is 0.143. The first-order valence-electron chi connectivity index (χ1n) is 5.68. The van der Waals surface area contributed by atoms with Gasteiger partial charge in [0.05, 0.1) is 12.1 Å². The highest BCUT2D eigenvalue weighted by Gasteiger charge is 2.17. The second-order valence-electron chi connectivity index (χ2n) is 4.22. The quantitative estimate of drug-likeness (QED) is 0.844. The van der Waals surface area contributed by atoms with Crippen LogP contribution in [0, 0.1) is 6.92 Å². The molecule has 2 aromatic rings. The molecule has 0 aliphatic heterocycles. The number of hydrogen-bond acceptors (Lipinski definition) is 2. The van der Waals surface area contributed by atoms with E-state index in [0.717, 1.165) is 0 Å². The van der Waals surface area contributed by atoms with Gasteiger partial charge in [-0.3, -0.25) is 9.59 Å². The Balaban J connectivity index is 2.32. The normalized spacial score (nSPS) is 10.4. The number of carbonyl (C=O) groups excluding carboxylic acids is 1. The number of aliphatic carboxylic acids is 1. The number of aromatic nitrogens is 1. The van der Waals surface area contributed by atoms with Gasteiger partial charge in [-0.2, -0.15) is 0 Å². The van der Waals surface area contributed by atoms with Crippen LogP contribution in [0.1, 0.15) is 27.2 Å². The number of carboxylic acids is 1. The summed E-state index contributed by atoms with van der Waals surface area (Å²) in [5.74, 6) is -1.10. The van der Waals surface area contributed by atoms with E-state index in [1.165, 1.54) is 0 Å². The zero-order valence-corrected chi connectivity index (χ0v) is 11.0. The average molecular weight is 278 g/mol. The lowest BCUT2D eigenvalue weighted by atomic mass is 10.0. The number of carbonyl (C=O) groups is 2. The van der Waals surface area contributed by atoms with Gasteiger partial charge in [-0.25, -0.2) is 0 Å². The number of halogens is 1. The van der Waals surface area contributed by atoms with Crippen molar-refractivity contribution < 1.29 is 14.7 Å². The van der Waals surface area contributed by atoms with Crippen molar-refractivity contribution in [2.75, 3.05) is 0 Å². The first-order chi connectivity index (χ1) is 8.99. The van der Waals surface area contributed by atoms with Gasteiger partial charge in [0, 0.05) is 16.8 Å². The van der Waals surface area contributed by atoms with Crippen LogP contribution in [0.4, 0.5) is 0 Å². The Morgan fingerprint density at radius 1 is 1.26 bits per heavy atom. The topological polar surface area (TPSA) is 70.2 Å². The zero-order valence-electron chi connectivity index (χ0n) is 10.2. The lowest BCUT2D eigenvalue weighted by Gasteiger charge is -2.01. The van der Waals surface area contributed by atoms with E-state index in [9.17, 15) is 9.59 Å². The maximum atomic E-state index is 12.3. The van der Waals surface area contributed by atoms with E-state index < -0.39 is 5.97 Å². The zero-order chi connectivity index (χ0) is 14.0. The van der Waals surface area contributed by atoms with Crippen LogP contribution in [0.15, 0.2) is 30.5 Å². The van der Waals surface area contributed by atoms with E-state index in [2.05, 4.69) is 4.98 Å². The molecule has 4 nitrogen and oxygen atoms in total. The smallest absolute Gasteiger partial charge is 0.307 e. The second-order valence-corrected chi connectivity index (χ2v) is 4.66. The van der Waals surface area contributed by atoms with Crippen molar-refractivity contribution >= 4 is 23.4 Å². The van der Waals surface area contributed by atoms with Gasteiger partial charge in [0.1, 0.15) is 0 Å². The Labute approximate surface area is 115 Å². The van der Waals surface area contributed by atoms with Gasteiger partial charge >= 0.3 is 5.97 Å². The van der Waals surface area contributed by atoms with Gasteiger partial charge in [0.2, 0.25) is 5.78 Å². The third kappa shape index (κ3) is 2.85.